The third kappa shape index (κ3) is 3.61. The highest BCUT2D eigenvalue weighted by Gasteiger charge is 2.17. The van der Waals surface area contributed by atoms with Crippen LogP contribution < -0.4 is 0 Å². The Morgan fingerprint density at radius 3 is 2.08 bits per heavy atom. The molecule has 0 spiro atoms. The van der Waals surface area contributed by atoms with Crippen molar-refractivity contribution >= 4 is 21.2 Å². The minimum Gasteiger partial charge on any atom is -0.472 e. The van der Waals surface area contributed by atoms with Crippen LogP contribution in [0.15, 0.2) is 93.5 Å². The van der Waals surface area contributed by atoms with E-state index in [1.807, 2.05) is 0 Å². The number of hydrogen-bond acceptors (Lipinski definition) is 4. The summed E-state index contributed by atoms with van der Waals surface area (Å²) in [4.78, 5) is 12.0. The van der Waals surface area contributed by atoms with Gasteiger partial charge in [-0.1, -0.05) is 30.3 Å². The zero-order valence-electron chi connectivity index (χ0n) is 13.5. The number of hydrogen-bond donors (Lipinski definition) is 0. The van der Waals surface area contributed by atoms with E-state index < -0.39 is 9.84 Å². The molecule has 0 saturated heterocycles. The summed E-state index contributed by atoms with van der Waals surface area (Å²) in [6, 6.07) is 16.5. The molecule has 0 atom stereocenters. The van der Waals surface area contributed by atoms with E-state index in [4.69, 9.17) is 4.42 Å². The molecule has 3 aromatic rings. The van der Waals surface area contributed by atoms with Gasteiger partial charge in [-0.25, -0.2) is 8.42 Å². The number of furan rings is 1. The first-order valence-electron chi connectivity index (χ1n) is 7.64. The van der Waals surface area contributed by atoms with Crippen molar-refractivity contribution in [1.29, 1.82) is 0 Å². The first-order chi connectivity index (χ1) is 12.0. The van der Waals surface area contributed by atoms with Crippen molar-refractivity contribution in [2.45, 2.75) is 16.7 Å². The lowest BCUT2D eigenvalue weighted by Gasteiger charge is -2.08. The minimum atomic E-state index is -3.56. The topological polar surface area (TPSA) is 64.3 Å². The summed E-state index contributed by atoms with van der Waals surface area (Å²) in [5.41, 5.74) is 2.18. The van der Waals surface area contributed by atoms with Crippen LogP contribution in [0.25, 0.3) is 5.57 Å². The number of rotatable bonds is 5. The van der Waals surface area contributed by atoms with Gasteiger partial charge in [-0.3, -0.25) is 4.79 Å². The first-order valence-corrected chi connectivity index (χ1v) is 9.12. The van der Waals surface area contributed by atoms with Crippen LogP contribution >= 0.6 is 0 Å². The van der Waals surface area contributed by atoms with E-state index in [9.17, 15) is 13.2 Å². The monoisotopic (exact) mass is 352 g/mol. The van der Waals surface area contributed by atoms with Crippen LogP contribution in [0.2, 0.25) is 0 Å². The molecule has 0 aliphatic heterocycles. The molecule has 1 aromatic heterocycles. The molecule has 2 aromatic carbocycles. The van der Waals surface area contributed by atoms with Gasteiger partial charge in [0, 0.05) is 5.56 Å². The fourth-order valence-corrected chi connectivity index (χ4v) is 3.79. The Bertz CT molecular complexity index is 997. The molecular formula is C20H16O4S. The smallest absolute Gasteiger partial charge is 0.206 e. The fraction of sp³-hybridized carbons (Fsp3) is 0.0500. The molecule has 0 unspecified atom stereocenters. The minimum absolute atomic E-state index is 0.0998. The van der Waals surface area contributed by atoms with Gasteiger partial charge < -0.3 is 4.42 Å². The molecule has 0 aliphatic rings. The highest BCUT2D eigenvalue weighted by molar-refractivity contribution is 7.91. The molecule has 0 saturated carbocycles. The molecule has 4 nitrogen and oxygen atoms in total. The van der Waals surface area contributed by atoms with Gasteiger partial charge in [0.05, 0.1) is 22.3 Å². The summed E-state index contributed by atoms with van der Waals surface area (Å²) in [5.74, 6) is -0.0998. The lowest BCUT2D eigenvalue weighted by Crippen LogP contribution is -2.02. The van der Waals surface area contributed by atoms with Crippen molar-refractivity contribution in [3.05, 3.63) is 90.4 Å². The van der Waals surface area contributed by atoms with Gasteiger partial charge in [-0.15, -0.1) is 0 Å². The van der Waals surface area contributed by atoms with Crippen molar-refractivity contribution in [1.82, 2.24) is 0 Å². The number of sulfone groups is 1. The third-order valence-corrected chi connectivity index (χ3v) is 5.49. The number of carbonyl (C=O) groups is 1. The van der Waals surface area contributed by atoms with Gasteiger partial charge in [-0.05, 0) is 54.5 Å². The first kappa shape index (κ1) is 16.9. The molecule has 3 rings (SSSR count). The van der Waals surface area contributed by atoms with E-state index in [1.165, 1.54) is 19.3 Å². The van der Waals surface area contributed by atoms with Gasteiger partial charge in [0.1, 0.15) is 0 Å². The molecule has 0 N–H and O–H groups in total. The van der Waals surface area contributed by atoms with E-state index >= 15 is 0 Å². The Balaban J connectivity index is 2.01. The van der Waals surface area contributed by atoms with Crippen molar-refractivity contribution in [3.63, 3.8) is 0 Å². The summed E-state index contributed by atoms with van der Waals surface area (Å²) in [7, 11) is -3.56. The molecule has 126 valence electrons. The van der Waals surface area contributed by atoms with Crippen molar-refractivity contribution in [2.75, 3.05) is 0 Å². The largest absolute Gasteiger partial charge is 0.472 e. The van der Waals surface area contributed by atoms with Crippen molar-refractivity contribution in [2.24, 2.45) is 0 Å². The van der Waals surface area contributed by atoms with Gasteiger partial charge in [-0.2, -0.15) is 0 Å². The summed E-state index contributed by atoms with van der Waals surface area (Å²) in [6.45, 7) is 1.47. The van der Waals surface area contributed by atoms with Crippen LogP contribution in [0.5, 0.6) is 0 Å². The number of benzene rings is 2. The highest BCUT2D eigenvalue weighted by Crippen LogP contribution is 2.27. The lowest BCUT2D eigenvalue weighted by atomic mass is 9.99. The van der Waals surface area contributed by atoms with Crippen molar-refractivity contribution < 1.29 is 17.6 Å². The molecule has 0 amide bonds. The Morgan fingerprint density at radius 2 is 1.52 bits per heavy atom. The van der Waals surface area contributed by atoms with Crippen LogP contribution in [-0.2, 0) is 14.6 Å². The Hall–Kier alpha value is -2.92. The molecule has 0 bridgehead atoms. The summed E-state index contributed by atoms with van der Waals surface area (Å²) >= 11 is 0. The predicted octanol–water partition coefficient (Wildman–Crippen LogP) is 4.13. The normalized spacial score (nSPS) is 12.1. The Labute approximate surface area is 146 Å². The molecule has 0 fully saturated rings. The van der Waals surface area contributed by atoms with Crippen molar-refractivity contribution in [3.8, 4) is 0 Å². The molecule has 5 heteroatoms. The second kappa shape index (κ2) is 6.91. The molecule has 25 heavy (non-hydrogen) atoms. The van der Waals surface area contributed by atoms with Gasteiger partial charge in [0.2, 0.25) is 9.84 Å². The van der Waals surface area contributed by atoms with Crippen LogP contribution in [0, 0.1) is 0 Å². The molecule has 1 heterocycles. The number of ketones is 1. The van der Waals surface area contributed by atoms with E-state index in [-0.39, 0.29) is 15.6 Å². The second-order valence-electron chi connectivity index (χ2n) is 5.52. The van der Waals surface area contributed by atoms with E-state index in [0.717, 1.165) is 11.1 Å². The summed E-state index contributed by atoms with van der Waals surface area (Å²) < 4.78 is 30.4. The summed E-state index contributed by atoms with van der Waals surface area (Å²) in [6.07, 6.45) is 4.58. The van der Waals surface area contributed by atoms with Crippen LogP contribution in [0.1, 0.15) is 18.1 Å². The van der Waals surface area contributed by atoms with Crippen LogP contribution in [0.4, 0.5) is 0 Å². The lowest BCUT2D eigenvalue weighted by molar-refractivity contribution is -0.112. The van der Waals surface area contributed by atoms with E-state index in [2.05, 4.69) is 0 Å². The predicted molar refractivity (Wildman–Crippen MR) is 94.8 cm³/mol. The van der Waals surface area contributed by atoms with Crippen LogP contribution in [0.3, 0.4) is 0 Å². The maximum atomic E-state index is 12.6. The average Bonchev–Trinajstić information content (AvgIpc) is 3.15. The second-order valence-corrected chi connectivity index (χ2v) is 7.47. The van der Waals surface area contributed by atoms with Gasteiger partial charge in [0.25, 0.3) is 0 Å². The zero-order chi connectivity index (χ0) is 17.9. The molecule has 0 radical (unpaired) electrons. The quantitative estimate of drug-likeness (QED) is 0.648. The Morgan fingerprint density at radius 1 is 0.880 bits per heavy atom. The third-order valence-electron chi connectivity index (χ3n) is 3.71. The molecule has 0 aliphatic carbocycles. The zero-order valence-corrected chi connectivity index (χ0v) is 14.4. The van der Waals surface area contributed by atoms with Crippen LogP contribution in [-0.4, -0.2) is 14.2 Å². The maximum Gasteiger partial charge on any atom is 0.206 e. The summed E-state index contributed by atoms with van der Waals surface area (Å²) in [5, 5.41) is 0. The van der Waals surface area contributed by atoms with Gasteiger partial charge >= 0.3 is 0 Å². The standard InChI is InChI=1S/C20H16O4S/c1-15(21)13-20(17-11-12-24-14-17)16-7-9-19(10-8-16)25(22,23)18-5-3-2-4-6-18/h2-14H,1H3/b20-13-. The number of allylic oxidation sites excluding steroid dienone is 1. The highest BCUT2D eigenvalue weighted by atomic mass is 32.2. The molecular weight excluding hydrogens is 336 g/mol. The average molecular weight is 352 g/mol. The van der Waals surface area contributed by atoms with E-state index in [1.54, 1.807) is 66.9 Å². The SMILES string of the molecule is CC(=O)/C=C(/c1ccc(S(=O)(=O)c2ccccc2)cc1)c1ccoc1. The van der Waals surface area contributed by atoms with E-state index in [0.29, 0.717) is 5.57 Å². The number of carbonyl (C=O) groups excluding carboxylic acids is 1. The van der Waals surface area contributed by atoms with Gasteiger partial charge in [0.15, 0.2) is 5.78 Å². The maximum absolute atomic E-state index is 12.6. The Kier molecular flexibility index (Phi) is 4.67. The fourth-order valence-electron chi connectivity index (χ4n) is 2.50.